The average Bonchev–Trinajstić information content (AvgIpc) is 2.97. The van der Waals surface area contributed by atoms with Gasteiger partial charge in [0.05, 0.1) is 11.6 Å². The molecule has 0 bridgehead atoms. The molecule has 3 aromatic rings. The van der Waals surface area contributed by atoms with Gasteiger partial charge in [0.2, 0.25) is 6.29 Å². The van der Waals surface area contributed by atoms with Gasteiger partial charge < -0.3 is 23.9 Å². The van der Waals surface area contributed by atoms with Gasteiger partial charge >= 0.3 is 0 Å². The first kappa shape index (κ1) is 27.1. The van der Waals surface area contributed by atoms with Crippen molar-refractivity contribution in [2.75, 3.05) is 39.4 Å². The van der Waals surface area contributed by atoms with Crippen molar-refractivity contribution >= 4 is 16.9 Å². The van der Waals surface area contributed by atoms with E-state index in [-0.39, 0.29) is 29.6 Å². The zero-order chi connectivity index (χ0) is 27.2. The lowest BCUT2D eigenvalue weighted by Gasteiger charge is -2.39. The van der Waals surface area contributed by atoms with Crippen LogP contribution in [-0.4, -0.2) is 66.5 Å². The Morgan fingerprint density at radius 1 is 1.05 bits per heavy atom. The van der Waals surface area contributed by atoms with Gasteiger partial charge in [0.1, 0.15) is 5.58 Å². The van der Waals surface area contributed by atoms with Crippen molar-refractivity contribution in [1.82, 2.24) is 9.80 Å². The van der Waals surface area contributed by atoms with Crippen LogP contribution >= 0.6 is 0 Å². The summed E-state index contributed by atoms with van der Waals surface area (Å²) in [5.41, 5.74) is 2.09. The van der Waals surface area contributed by atoms with Gasteiger partial charge in [0.25, 0.3) is 5.91 Å². The summed E-state index contributed by atoms with van der Waals surface area (Å²) in [4.78, 5) is 31.4. The van der Waals surface area contributed by atoms with Gasteiger partial charge in [-0.3, -0.25) is 14.5 Å². The van der Waals surface area contributed by atoms with Gasteiger partial charge in [-0.25, -0.2) is 0 Å². The molecule has 2 aromatic carbocycles. The highest BCUT2D eigenvalue weighted by Crippen LogP contribution is 2.39. The number of piperazine rings is 1. The molecule has 1 fully saturated rings. The van der Waals surface area contributed by atoms with Crippen LogP contribution in [0.25, 0.3) is 11.0 Å². The predicted octanol–water partition coefficient (Wildman–Crippen LogP) is 3.89. The summed E-state index contributed by atoms with van der Waals surface area (Å²) < 4.78 is 18.0. The molecular formula is C31H36N2O6. The third-order valence-corrected chi connectivity index (χ3v) is 7.60. The Morgan fingerprint density at radius 3 is 2.54 bits per heavy atom. The highest BCUT2D eigenvalue weighted by molar-refractivity contribution is 5.92. The second-order valence-electron chi connectivity index (χ2n) is 10.1. The maximum atomic E-state index is 13.7. The van der Waals surface area contributed by atoms with Crippen molar-refractivity contribution in [2.45, 2.75) is 38.5 Å². The fourth-order valence-corrected chi connectivity index (χ4v) is 5.54. The van der Waals surface area contributed by atoms with Crippen molar-refractivity contribution in [3.8, 4) is 0 Å². The summed E-state index contributed by atoms with van der Waals surface area (Å²) in [6, 6.07) is 17.5. The van der Waals surface area contributed by atoms with Crippen LogP contribution in [0.2, 0.25) is 0 Å². The summed E-state index contributed by atoms with van der Waals surface area (Å²) >= 11 is 0. The van der Waals surface area contributed by atoms with E-state index in [1.54, 1.807) is 18.2 Å². The predicted molar refractivity (Wildman–Crippen MR) is 148 cm³/mol. The van der Waals surface area contributed by atoms with Crippen molar-refractivity contribution < 1.29 is 23.8 Å². The SMILES string of the molecule is CCO[C@H]1OC(C(=O)N2CCN(Cc3ccccc3)CC2)=C[C@@H](c2coc3ccccc3c2=O)[C@H]1CCCO. The van der Waals surface area contributed by atoms with Gasteiger partial charge in [-0.05, 0) is 43.5 Å². The Morgan fingerprint density at radius 2 is 1.79 bits per heavy atom. The third kappa shape index (κ3) is 6.08. The van der Waals surface area contributed by atoms with Crippen LogP contribution in [-0.2, 0) is 20.8 Å². The second kappa shape index (κ2) is 12.6. The molecule has 1 N–H and O–H groups in total. The molecule has 2 aliphatic rings. The number of allylic oxidation sites excluding steroid dienone is 1. The number of para-hydroxylation sites is 1. The van der Waals surface area contributed by atoms with Crippen LogP contribution in [0.1, 0.15) is 36.8 Å². The normalized spacial score (nSPS) is 21.9. The van der Waals surface area contributed by atoms with Crippen molar-refractivity contribution in [3.63, 3.8) is 0 Å². The Balaban J connectivity index is 1.40. The molecule has 2 aliphatic heterocycles. The summed E-state index contributed by atoms with van der Waals surface area (Å²) in [7, 11) is 0. The third-order valence-electron chi connectivity index (χ3n) is 7.60. The number of aliphatic hydroxyl groups is 1. The number of benzene rings is 2. The lowest BCUT2D eigenvalue weighted by atomic mass is 9.81. The number of aliphatic hydroxyl groups excluding tert-OH is 1. The van der Waals surface area contributed by atoms with Crippen LogP contribution in [0.5, 0.6) is 0 Å². The lowest BCUT2D eigenvalue weighted by Crippen LogP contribution is -2.50. The van der Waals surface area contributed by atoms with E-state index >= 15 is 0 Å². The first-order chi connectivity index (χ1) is 19.1. The van der Waals surface area contributed by atoms with Gasteiger partial charge in [0.15, 0.2) is 11.2 Å². The maximum Gasteiger partial charge on any atom is 0.288 e. The number of rotatable bonds is 9. The molecule has 1 saturated heterocycles. The molecule has 39 heavy (non-hydrogen) atoms. The van der Waals surface area contributed by atoms with E-state index in [0.717, 1.165) is 19.6 Å². The molecular weight excluding hydrogens is 496 g/mol. The average molecular weight is 533 g/mol. The zero-order valence-electron chi connectivity index (χ0n) is 22.3. The van der Waals surface area contributed by atoms with E-state index in [4.69, 9.17) is 13.9 Å². The van der Waals surface area contributed by atoms with E-state index in [2.05, 4.69) is 17.0 Å². The van der Waals surface area contributed by atoms with E-state index in [1.165, 1.54) is 11.8 Å². The smallest absolute Gasteiger partial charge is 0.288 e. The van der Waals surface area contributed by atoms with Crippen LogP contribution in [0.4, 0.5) is 0 Å². The van der Waals surface area contributed by atoms with Gasteiger partial charge in [-0.1, -0.05) is 42.5 Å². The molecule has 8 nitrogen and oxygen atoms in total. The monoisotopic (exact) mass is 532 g/mol. The Labute approximate surface area is 228 Å². The number of carbonyl (C=O) groups excluding carboxylic acids is 1. The highest BCUT2D eigenvalue weighted by Gasteiger charge is 2.40. The first-order valence-electron chi connectivity index (χ1n) is 13.8. The molecule has 3 atom stereocenters. The van der Waals surface area contributed by atoms with Crippen LogP contribution in [0.3, 0.4) is 0 Å². The fraction of sp³-hybridized carbons (Fsp3) is 0.419. The molecule has 0 radical (unpaired) electrons. The molecule has 0 spiro atoms. The van der Waals surface area contributed by atoms with Gasteiger partial charge in [0, 0.05) is 63.3 Å². The first-order valence-corrected chi connectivity index (χ1v) is 13.8. The largest absolute Gasteiger partial charge is 0.464 e. The van der Waals surface area contributed by atoms with E-state index in [0.29, 0.717) is 49.1 Å². The minimum Gasteiger partial charge on any atom is -0.464 e. The molecule has 5 rings (SSSR count). The summed E-state index contributed by atoms with van der Waals surface area (Å²) in [5.74, 6) is -0.723. The number of nitrogens with zero attached hydrogens (tertiary/aromatic N) is 2. The minimum atomic E-state index is -0.722. The zero-order valence-corrected chi connectivity index (χ0v) is 22.3. The minimum absolute atomic E-state index is 0.0111. The Bertz CT molecular complexity index is 1350. The highest BCUT2D eigenvalue weighted by atomic mass is 16.7. The van der Waals surface area contributed by atoms with E-state index in [1.807, 2.05) is 42.2 Å². The summed E-state index contributed by atoms with van der Waals surface area (Å²) in [5, 5.41) is 10.0. The molecule has 1 amide bonds. The number of carbonyl (C=O) groups is 1. The number of fused-ring (bicyclic) bond motifs is 1. The lowest BCUT2D eigenvalue weighted by molar-refractivity contribution is -0.171. The number of ether oxygens (including phenoxy) is 2. The standard InChI is InChI=1S/C31H36N2O6/c1-2-37-31-23(12-8-18-34)25(26-21-38-27-13-7-6-11-24(27)29(26)35)19-28(39-31)30(36)33-16-14-32(15-17-33)20-22-9-4-3-5-10-22/h3-7,9-11,13,19,21,23,25,31,34H,2,8,12,14-18,20H2,1H3/t23-,25-,31+/m1/s1. The molecule has 8 heteroatoms. The maximum absolute atomic E-state index is 13.7. The Kier molecular flexibility index (Phi) is 8.76. The molecule has 206 valence electrons. The molecule has 0 unspecified atom stereocenters. The van der Waals surface area contributed by atoms with Crippen LogP contribution in [0.15, 0.2) is 81.9 Å². The van der Waals surface area contributed by atoms with Gasteiger partial charge in [-0.15, -0.1) is 0 Å². The quantitative estimate of drug-likeness (QED) is 0.447. The summed E-state index contributed by atoms with van der Waals surface area (Å²) in [6.45, 7) is 5.82. The van der Waals surface area contributed by atoms with Crippen LogP contribution in [0, 0.1) is 5.92 Å². The molecule has 3 heterocycles. The topological polar surface area (TPSA) is 92.5 Å². The summed E-state index contributed by atoms with van der Waals surface area (Å²) in [6.07, 6.45) is 3.62. The number of amides is 1. The number of hydrogen-bond donors (Lipinski definition) is 1. The second-order valence-corrected chi connectivity index (χ2v) is 10.1. The van der Waals surface area contributed by atoms with Gasteiger partial charge in [-0.2, -0.15) is 0 Å². The van der Waals surface area contributed by atoms with Crippen molar-refractivity contribution in [1.29, 1.82) is 0 Å². The molecule has 0 aliphatic carbocycles. The van der Waals surface area contributed by atoms with E-state index < -0.39 is 12.2 Å². The molecule has 0 saturated carbocycles. The van der Waals surface area contributed by atoms with Crippen LogP contribution < -0.4 is 5.43 Å². The Hall–Kier alpha value is -3.46. The van der Waals surface area contributed by atoms with E-state index in [9.17, 15) is 14.7 Å². The molecule has 1 aromatic heterocycles. The number of hydrogen-bond acceptors (Lipinski definition) is 7. The fourth-order valence-electron chi connectivity index (χ4n) is 5.54. The van der Waals surface area contributed by atoms with Crippen molar-refractivity contribution in [2.24, 2.45) is 5.92 Å². The van der Waals surface area contributed by atoms with Crippen molar-refractivity contribution in [3.05, 3.63) is 94.0 Å².